The standard InChI is InChI=1S/C16H19NOS/c1-12-4-9-16(18-2)13(10-12)11-17-14-5-7-15(19-3)8-6-14/h4-10,17H,11H2,1-3H3. The van der Waals surface area contributed by atoms with E-state index in [1.807, 2.05) is 6.07 Å². The average molecular weight is 273 g/mol. The van der Waals surface area contributed by atoms with Gasteiger partial charge < -0.3 is 10.1 Å². The van der Waals surface area contributed by atoms with Crippen molar-refractivity contribution in [1.29, 1.82) is 0 Å². The minimum Gasteiger partial charge on any atom is -0.496 e. The van der Waals surface area contributed by atoms with Gasteiger partial charge in [0.25, 0.3) is 0 Å². The number of hydrogen-bond donors (Lipinski definition) is 1. The highest BCUT2D eigenvalue weighted by Gasteiger charge is 2.03. The van der Waals surface area contributed by atoms with E-state index < -0.39 is 0 Å². The lowest BCUT2D eigenvalue weighted by Gasteiger charge is -2.11. The summed E-state index contributed by atoms with van der Waals surface area (Å²) >= 11 is 1.75. The van der Waals surface area contributed by atoms with Crippen LogP contribution >= 0.6 is 11.8 Å². The van der Waals surface area contributed by atoms with Crippen molar-refractivity contribution < 1.29 is 4.74 Å². The number of ether oxygens (including phenoxy) is 1. The number of rotatable bonds is 5. The largest absolute Gasteiger partial charge is 0.496 e. The van der Waals surface area contributed by atoms with Crippen LogP contribution in [0.5, 0.6) is 5.75 Å². The van der Waals surface area contributed by atoms with E-state index >= 15 is 0 Å². The molecule has 0 aliphatic carbocycles. The highest BCUT2D eigenvalue weighted by Crippen LogP contribution is 2.22. The fourth-order valence-electron chi connectivity index (χ4n) is 1.95. The number of anilines is 1. The number of nitrogens with one attached hydrogen (secondary N) is 1. The van der Waals surface area contributed by atoms with Crippen molar-refractivity contribution in [2.45, 2.75) is 18.4 Å². The third kappa shape index (κ3) is 3.67. The second-order valence-electron chi connectivity index (χ2n) is 4.40. The Hall–Kier alpha value is -1.61. The Morgan fingerprint density at radius 3 is 2.47 bits per heavy atom. The molecule has 2 aromatic carbocycles. The molecule has 3 heteroatoms. The fraction of sp³-hybridized carbons (Fsp3) is 0.250. The van der Waals surface area contributed by atoms with Crippen molar-refractivity contribution in [3.63, 3.8) is 0 Å². The lowest BCUT2D eigenvalue weighted by Crippen LogP contribution is -2.02. The molecule has 0 radical (unpaired) electrons. The number of methoxy groups -OCH3 is 1. The molecule has 0 saturated heterocycles. The van der Waals surface area contributed by atoms with Gasteiger partial charge in [-0.15, -0.1) is 11.8 Å². The van der Waals surface area contributed by atoms with Gasteiger partial charge in [-0.3, -0.25) is 0 Å². The highest BCUT2D eigenvalue weighted by molar-refractivity contribution is 7.98. The summed E-state index contributed by atoms with van der Waals surface area (Å²) in [4.78, 5) is 1.28. The normalized spacial score (nSPS) is 10.3. The van der Waals surface area contributed by atoms with Crippen LogP contribution in [0.3, 0.4) is 0 Å². The third-order valence-corrected chi connectivity index (χ3v) is 3.75. The zero-order valence-corrected chi connectivity index (χ0v) is 12.4. The zero-order chi connectivity index (χ0) is 13.7. The Balaban J connectivity index is 2.07. The monoisotopic (exact) mass is 273 g/mol. The van der Waals surface area contributed by atoms with Crippen LogP contribution in [0.4, 0.5) is 5.69 Å². The van der Waals surface area contributed by atoms with Crippen LogP contribution in [0.1, 0.15) is 11.1 Å². The van der Waals surface area contributed by atoms with Crippen LogP contribution in [0, 0.1) is 6.92 Å². The molecule has 0 aliphatic heterocycles. The van der Waals surface area contributed by atoms with Gasteiger partial charge in [0.15, 0.2) is 0 Å². The summed E-state index contributed by atoms with van der Waals surface area (Å²) in [7, 11) is 1.71. The number of aryl methyl sites for hydroxylation is 1. The van der Waals surface area contributed by atoms with Crippen LogP contribution in [-0.2, 0) is 6.54 Å². The zero-order valence-electron chi connectivity index (χ0n) is 11.6. The minimum atomic E-state index is 0.767. The maximum absolute atomic E-state index is 5.38. The van der Waals surface area contributed by atoms with E-state index in [0.29, 0.717) is 0 Å². The Labute approximate surface area is 119 Å². The SMILES string of the molecule is COc1ccc(C)cc1CNc1ccc(SC)cc1. The van der Waals surface area contributed by atoms with E-state index in [-0.39, 0.29) is 0 Å². The molecule has 1 N–H and O–H groups in total. The summed E-state index contributed by atoms with van der Waals surface area (Å²) in [6.07, 6.45) is 2.08. The first kappa shape index (κ1) is 13.8. The molecular weight excluding hydrogens is 254 g/mol. The molecule has 0 unspecified atom stereocenters. The smallest absolute Gasteiger partial charge is 0.123 e. The van der Waals surface area contributed by atoms with Gasteiger partial charge in [0.05, 0.1) is 7.11 Å². The molecule has 0 atom stereocenters. The van der Waals surface area contributed by atoms with Gasteiger partial charge in [-0.05, 0) is 43.5 Å². The van der Waals surface area contributed by atoms with Gasteiger partial charge in [-0.2, -0.15) is 0 Å². The second-order valence-corrected chi connectivity index (χ2v) is 5.28. The maximum atomic E-state index is 5.38. The minimum absolute atomic E-state index is 0.767. The molecular formula is C16H19NOS. The first-order valence-electron chi connectivity index (χ1n) is 6.24. The molecule has 100 valence electrons. The molecule has 0 aliphatic rings. The van der Waals surface area contributed by atoms with E-state index in [9.17, 15) is 0 Å². The second kappa shape index (κ2) is 6.53. The van der Waals surface area contributed by atoms with Gasteiger partial charge in [-0.1, -0.05) is 17.7 Å². The van der Waals surface area contributed by atoms with Gasteiger partial charge in [0.1, 0.15) is 5.75 Å². The number of thioether (sulfide) groups is 1. The predicted octanol–water partition coefficient (Wildman–Crippen LogP) is 4.34. The quantitative estimate of drug-likeness (QED) is 0.819. The van der Waals surface area contributed by atoms with Crippen molar-refractivity contribution in [3.8, 4) is 5.75 Å². The van der Waals surface area contributed by atoms with Crippen LogP contribution in [0.15, 0.2) is 47.4 Å². The van der Waals surface area contributed by atoms with E-state index in [4.69, 9.17) is 4.74 Å². The van der Waals surface area contributed by atoms with Gasteiger partial charge >= 0.3 is 0 Å². The van der Waals surface area contributed by atoms with Gasteiger partial charge in [0, 0.05) is 22.7 Å². The topological polar surface area (TPSA) is 21.3 Å². The molecule has 2 rings (SSSR count). The lowest BCUT2D eigenvalue weighted by atomic mass is 10.1. The molecule has 0 spiro atoms. The number of benzene rings is 2. The van der Waals surface area contributed by atoms with Crippen LogP contribution < -0.4 is 10.1 Å². The molecule has 0 saturated carbocycles. The Morgan fingerprint density at radius 1 is 1.11 bits per heavy atom. The van der Waals surface area contributed by atoms with Crippen molar-refractivity contribution in [1.82, 2.24) is 0 Å². The summed E-state index contributed by atoms with van der Waals surface area (Å²) in [6.45, 7) is 2.86. The highest BCUT2D eigenvalue weighted by atomic mass is 32.2. The predicted molar refractivity (Wildman–Crippen MR) is 83.3 cm³/mol. The van der Waals surface area contributed by atoms with Crippen molar-refractivity contribution in [2.24, 2.45) is 0 Å². The van der Waals surface area contributed by atoms with Crippen molar-refractivity contribution in [3.05, 3.63) is 53.6 Å². The fourth-order valence-corrected chi connectivity index (χ4v) is 2.36. The van der Waals surface area contributed by atoms with E-state index in [1.54, 1.807) is 18.9 Å². The maximum Gasteiger partial charge on any atom is 0.123 e. The molecule has 19 heavy (non-hydrogen) atoms. The van der Waals surface area contributed by atoms with Gasteiger partial charge in [0.2, 0.25) is 0 Å². The van der Waals surface area contributed by atoms with E-state index in [2.05, 4.69) is 54.9 Å². The third-order valence-electron chi connectivity index (χ3n) is 3.01. The summed E-state index contributed by atoms with van der Waals surface area (Å²) in [5.41, 5.74) is 3.55. The molecule has 0 aromatic heterocycles. The molecule has 0 amide bonds. The first-order chi connectivity index (χ1) is 9.22. The summed E-state index contributed by atoms with van der Waals surface area (Å²) < 4.78 is 5.38. The Bertz CT molecular complexity index is 537. The number of hydrogen-bond acceptors (Lipinski definition) is 3. The van der Waals surface area contributed by atoms with Crippen molar-refractivity contribution in [2.75, 3.05) is 18.7 Å². The molecule has 2 nitrogen and oxygen atoms in total. The molecule has 0 bridgehead atoms. The Morgan fingerprint density at radius 2 is 1.84 bits per heavy atom. The average Bonchev–Trinajstić information content (AvgIpc) is 2.46. The van der Waals surface area contributed by atoms with E-state index in [0.717, 1.165) is 18.0 Å². The van der Waals surface area contributed by atoms with Gasteiger partial charge in [-0.25, -0.2) is 0 Å². The van der Waals surface area contributed by atoms with E-state index in [1.165, 1.54) is 16.0 Å². The van der Waals surface area contributed by atoms with Crippen LogP contribution in [-0.4, -0.2) is 13.4 Å². The summed E-state index contributed by atoms with van der Waals surface area (Å²) in [6, 6.07) is 14.7. The lowest BCUT2D eigenvalue weighted by molar-refractivity contribution is 0.410. The van der Waals surface area contributed by atoms with Crippen LogP contribution in [0.25, 0.3) is 0 Å². The molecule has 2 aromatic rings. The summed E-state index contributed by atoms with van der Waals surface area (Å²) in [5.74, 6) is 0.929. The van der Waals surface area contributed by atoms with Crippen molar-refractivity contribution >= 4 is 17.4 Å². The first-order valence-corrected chi connectivity index (χ1v) is 7.47. The summed E-state index contributed by atoms with van der Waals surface area (Å²) in [5, 5.41) is 3.42. The molecule has 0 heterocycles. The molecule has 0 fully saturated rings. The van der Waals surface area contributed by atoms with Crippen LogP contribution in [0.2, 0.25) is 0 Å². The Kier molecular flexibility index (Phi) is 4.74.